The van der Waals surface area contributed by atoms with Gasteiger partial charge in [0.1, 0.15) is 11.4 Å². The van der Waals surface area contributed by atoms with Gasteiger partial charge in [-0.15, -0.1) is 0 Å². The Morgan fingerprint density at radius 1 is 1.23 bits per heavy atom. The first-order valence-corrected chi connectivity index (χ1v) is 10.9. The largest absolute Gasteiger partial charge is 0.494 e. The van der Waals surface area contributed by atoms with E-state index in [0.29, 0.717) is 37.6 Å². The number of carbonyl (C=O) groups is 1. The van der Waals surface area contributed by atoms with Crippen molar-refractivity contribution < 1.29 is 27.4 Å². The first-order chi connectivity index (χ1) is 14.3. The van der Waals surface area contributed by atoms with Gasteiger partial charge in [0.15, 0.2) is 0 Å². The van der Waals surface area contributed by atoms with Gasteiger partial charge < -0.3 is 19.3 Å². The lowest BCUT2D eigenvalue weighted by atomic mass is 9.88. The monoisotopic (exact) mass is 442 g/mol. The molecule has 1 aromatic carbocycles. The highest BCUT2D eigenvalue weighted by atomic mass is 19.4. The normalized spacial score (nSPS) is 21.2. The van der Waals surface area contributed by atoms with Crippen molar-refractivity contribution in [3.63, 3.8) is 0 Å². The summed E-state index contributed by atoms with van der Waals surface area (Å²) in [6, 6.07) is 2.74. The predicted octanol–water partition coefficient (Wildman–Crippen LogP) is 5.67. The molecule has 1 aromatic rings. The van der Waals surface area contributed by atoms with Crippen LogP contribution in [0.3, 0.4) is 0 Å². The van der Waals surface area contributed by atoms with Crippen LogP contribution in [0.1, 0.15) is 64.5 Å². The van der Waals surface area contributed by atoms with Gasteiger partial charge in [0, 0.05) is 32.1 Å². The highest BCUT2D eigenvalue weighted by molar-refractivity contribution is 5.72. The molecule has 174 valence electrons. The number of hydrogen-bond donors (Lipinski definition) is 0. The summed E-state index contributed by atoms with van der Waals surface area (Å²) in [6.07, 6.45) is -3.58. The number of alkyl halides is 3. The Kier molecular flexibility index (Phi) is 6.40. The van der Waals surface area contributed by atoms with E-state index < -0.39 is 23.4 Å². The SMILES string of the molecule is CC(C)CCOc1cc2c(c(C(F)(F)F)c1)N(C)[C@@H]1CCN(C(=O)OC(C)(C)C)C[C@H]21. The van der Waals surface area contributed by atoms with Crippen LogP contribution < -0.4 is 9.64 Å². The molecule has 3 rings (SSSR count). The second kappa shape index (κ2) is 8.43. The summed E-state index contributed by atoms with van der Waals surface area (Å²) in [4.78, 5) is 15.9. The molecule has 2 heterocycles. The Labute approximate surface area is 182 Å². The van der Waals surface area contributed by atoms with Crippen LogP contribution >= 0.6 is 0 Å². The maximum atomic E-state index is 13.9. The number of benzene rings is 1. The molecule has 1 fully saturated rings. The molecule has 0 aromatic heterocycles. The Bertz CT molecular complexity index is 818. The molecule has 0 saturated carbocycles. The second-order valence-electron chi connectivity index (χ2n) is 9.94. The highest BCUT2D eigenvalue weighted by Gasteiger charge is 2.47. The van der Waals surface area contributed by atoms with Crippen LogP contribution in [0.4, 0.5) is 23.7 Å². The van der Waals surface area contributed by atoms with E-state index in [-0.39, 0.29) is 23.4 Å². The number of ether oxygens (including phenoxy) is 2. The van der Waals surface area contributed by atoms with E-state index in [0.717, 1.165) is 12.5 Å². The molecular formula is C23H33F3N2O3. The van der Waals surface area contributed by atoms with Crippen molar-refractivity contribution in [3.8, 4) is 5.75 Å². The fourth-order valence-corrected chi connectivity index (χ4v) is 4.38. The first kappa shape index (κ1) is 23.5. The minimum absolute atomic E-state index is 0.0966. The number of anilines is 1. The smallest absolute Gasteiger partial charge is 0.418 e. The topological polar surface area (TPSA) is 42.0 Å². The zero-order chi connectivity index (χ0) is 23.1. The summed E-state index contributed by atoms with van der Waals surface area (Å²) in [6.45, 7) is 10.6. The highest BCUT2D eigenvalue weighted by Crippen LogP contribution is 2.51. The number of amides is 1. The number of likely N-dealkylation sites (tertiary alicyclic amines) is 1. The van der Waals surface area contributed by atoms with Crippen LogP contribution in [0.5, 0.6) is 5.75 Å². The molecule has 1 saturated heterocycles. The molecule has 1 amide bonds. The number of carbonyl (C=O) groups excluding carboxylic acids is 1. The quantitative estimate of drug-likeness (QED) is 0.602. The third-order valence-corrected chi connectivity index (χ3v) is 5.86. The lowest BCUT2D eigenvalue weighted by Gasteiger charge is -2.38. The molecular weight excluding hydrogens is 409 g/mol. The number of rotatable bonds is 4. The van der Waals surface area contributed by atoms with E-state index in [9.17, 15) is 18.0 Å². The number of halogens is 3. The number of fused-ring (bicyclic) bond motifs is 3. The molecule has 8 heteroatoms. The zero-order valence-electron chi connectivity index (χ0n) is 19.2. The van der Waals surface area contributed by atoms with Crippen molar-refractivity contribution in [2.75, 3.05) is 31.6 Å². The van der Waals surface area contributed by atoms with Crippen molar-refractivity contribution in [2.24, 2.45) is 5.92 Å². The van der Waals surface area contributed by atoms with Crippen molar-refractivity contribution in [1.82, 2.24) is 4.90 Å². The van der Waals surface area contributed by atoms with Crippen LogP contribution in [0.25, 0.3) is 0 Å². The molecule has 2 aliphatic rings. The summed E-state index contributed by atoms with van der Waals surface area (Å²) in [5, 5.41) is 0. The Morgan fingerprint density at radius 3 is 2.48 bits per heavy atom. The van der Waals surface area contributed by atoms with E-state index in [1.54, 1.807) is 43.7 Å². The second-order valence-corrected chi connectivity index (χ2v) is 9.94. The minimum atomic E-state index is -4.49. The summed E-state index contributed by atoms with van der Waals surface area (Å²) in [5.41, 5.74) is -0.510. The summed E-state index contributed by atoms with van der Waals surface area (Å²) >= 11 is 0. The molecule has 0 radical (unpaired) electrons. The lowest BCUT2D eigenvalue weighted by Crippen LogP contribution is -2.48. The van der Waals surface area contributed by atoms with Gasteiger partial charge in [0.25, 0.3) is 0 Å². The van der Waals surface area contributed by atoms with Crippen LogP contribution in [-0.2, 0) is 10.9 Å². The van der Waals surface area contributed by atoms with Crippen LogP contribution in [0, 0.1) is 5.92 Å². The zero-order valence-corrected chi connectivity index (χ0v) is 19.2. The van der Waals surface area contributed by atoms with Gasteiger partial charge in [0.05, 0.1) is 17.9 Å². The predicted molar refractivity (Wildman–Crippen MR) is 114 cm³/mol. The molecule has 0 spiro atoms. The average molecular weight is 443 g/mol. The minimum Gasteiger partial charge on any atom is -0.494 e. The molecule has 0 N–H and O–H groups in total. The summed E-state index contributed by atoms with van der Waals surface area (Å²) < 4.78 is 53.0. The van der Waals surface area contributed by atoms with Crippen molar-refractivity contribution >= 4 is 11.8 Å². The van der Waals surface area contributed by atoms with Gasteiger partial charge in [-0.1, -0.05) is 13.8 Å². The van der Waals surface area contributed by atoms with Crippen molar-refractivity contribution in [3.05, 3.63) is 23.3 Å². The van der Waals surface area contributed by atoms with Crippen LogP contribution in [0.15, 0.2) is 12.1 Å². The number of nitrogens with zero attached hydrogens (tertiary/aromatic N) is 2. The van der Waals surface area contributed by atoms with E-state index in [1.165, 1.54) is 0 Å². The van der Waals surface area contributed by atoms with E-state index >= 15 is 0 Å². The van der Waals surface area contributed by atoms with Gasteiger partial charge in [-0.2, -0.15) is 13.2 Å². The standard InChI is InChI=1S/C23H33F3N2O3/c1-14(2)8-10-30-15-11-16-17-13-28(21(29)31-22(3,4)5)9-7-19(17)27(6)20(16)18(12-15)23(24,25)26/h11-12,14,17,19H,7-10,13H2,1-6H3/t17-,19-/m1/s1. The molecule has 2 aliphatic heterocycles. The maximum Gasteiger partial charge on any atom is 0.418 e. The molecule has 0 aliphatic carbocycles. The van der Waals surface area contributed by atoms with Crippen LogP contribution in [0.2, 0.25) is 0 Å². The molecule has 0 bridgehead atoms. The number of hydrogen-bond acceptors (Lipinski definition) is 4. The van der Waals surface area contributed by atoms with Crippen molar-refractivity contribution in [2.45, 2.75) is 71.2 Å². The Hall–Kier alpha value is -2.12. The van der Waals surface area contributed by atoms with Gasteiger partial charge in [0.2, 0.25) is 0 Å². The third-order valence-electron chi connectivity index (χ3n) is 5.86. The summed E-state index contributed by atoms with van der Waals surface area (Å²) in [7, 11) is 1.71. The first-order valence-electron chi connectivity index (χ1n) is 10.9. The fraction of sp³-hybridized carbons (Fsp3) is 0.696. The molecule has 2 atom stereocenters. The van der Waals surface area contributed by atoms with E-state index in [1.807, 2.05) is 13.8 Å². The van der Waals surface area contributed by atoms with Gasteiger partial charge >= 0.3 is 12.3 Å². The maximum absolute atomic E-state index is 13.9. The van der Waals surface area contributed by atoms with E-state index in [2.05, 4.69) is 0 Å². The fourth-order valence-electron chi connectivity index (χ4n) is 4.38. The molecule has 31 heavy (non-hydrogen) atoms. The number of piperidine rings is 1. The number of likely N-dealkylation sites (N-methyl/N-ethyl adjacent to an activating group) is 1. The van der Waals surface area contributed by atoms with Gasteiger partial charge in [-0.05, 0) is 57.2 Å². The molecule has 0 unspecified atom stereocenters. The Balaban J connectivity index is 1.93. The third kappa shape index (κ3) is 5.21. The van der Waals surface area contributed by atoms with Crippen molar-refractivity contribution in [1.29, 1.82) is 0 Å². The lowest BCUT2D eigenvalue weighted by molar-refractivity contribution is -0.137. The van der Waals surface area contributed by atoms with Gasteiger partial charge in [-0.25, -0.2) is 4.79 Å². The summed E-state index contributed by atoms with van der Waals surface area (Å²) in [5.74, 6) is 0.402. The molecule has 5 nitrogen and oxygen atoms in total. The average Bonchev–Trinajstić information content (AvgIpc) is 2.91. The van der Waals surface area contributed by atoms with E-state index in [4.69, 9.17) is 9.47 Å². The Morgan fingerprint density at radius 2 is 1.90 bits per heavy atom. The van der Waals surface area contributed by atoms with Crippen LogP contribution in [-0.4, -0.2) is 49.4 Å². The van der Waals surface area contributed by atoms with Gasteiger partial charge in [-0.3, -0.25) is 0 Å².